The van der Waals surface area contributed by atoms with E-state index >= 15 is 0 Å². The number of hydrogen-bond acceptors (Lipinski definition) is 2. The lowest BCUT2D eigenvalue weighted by molar-refractivity contribution is -0.120. The van der Waals surface area contributed by atoms with Crippen LogP contribution in [0.3, 0.4) is 0 Å². The van der Waals surface area contributed by atoms with Crippen molar-refractivity contribution in [2.75, 3.05) is 0 Å². The van der Waals surface area contributed by atoms with Crippen molar-refractivity contribution < 1.29 is 4.79 Å². The van der Waals surface area contributed by atoms with Gasteiger partial charge >= 0.3 is 0 Å². The van der Waals surface area contributed by atoms with E-state index in [0.717, 1.165) is 16.8 Å². The Kier molecular flexibility index (Phi) is 6.13. The fraction of sp³-hybridized carbons (Fsp3) is 0.364. The first-order valence-electron chi connectivity index (χ1n) is 8.78. The summed E-state index contributed by atoms with van der Waals surface area (Å²) in [5, 5.41) is 4.36. The molecule has 0 bridgehead atoms. The predicted octanol–water partition coefficient (Wildman–Crippen LogP) is 4.70. The van der Waals surface area contributed by atoms with E-state index in [9.17, 15) is 4.79 Å². The number of benzene rings is 2. The molecule has 0 spiro atoms. The summed E-state index contributed by atoms with van der Waals surface area (Å²) in [4.78, 5) is 12.2. The average molecular weight is 336 g/mol. The van der Waals surface area contributed by atoms with Crippen LogP contribution in [-0.2, 0) is 16.6 Å². The molecule has 0 aromatic heterocycles. The van der Waals surface area contributed by atoms with Gasteiger partial charge in [0, 0.05) is 0 Å². The number of hydrazone groups is 1. The van der Waals surface area contributed by atoms with Crippen molar-refractivity contribution in [3.8, 4) is 0 Å². The van der Waals surface area contributed by atoms with E-state index in [4.69, 9.17) is 0 Å². The van der Waals surface area contributed by atoms with Gasteiger partial charge in [-0.1, -0.05) is 89.2 Å². The predicted molar refractivity (Wildman–Crippen MR) is 105 cm³/mol. The van der Waals surface area contributed by atoms with Crippen molar-refractivity contribution in [1.82, 2.24) is 5.43 Å². The van der Waals surface area contributed by atoms with Crippen molar-refractivity contribution in [3.05, 3.63) is 71.3 Å². The maximum atomic E-state index is 12.2. The summed E-state index contributed by atoms with van der Waals surface area (Å²) < 4.78 is 0. The van der Waals surface area contributed by atoms with Gasteiger partial charge in [-0.05, 0) is 28.0 Å². The van der Waals surface area contributed by atoms with Gasteiger partial charge in [-0.3, -0.25) is 4.79 Å². The van der Waals surface area contributed by atoms with Gasteiger partial charge in [0.15, 0.2) is 0 Å². The Labute approximate surface area is 151 Å². The first-order valence-corrected chi connectivity index (χ1v) is 8.78. The van der Waals surface area contributed by atoms with Crippen molar-refractivity contribution in [1.29, 1.82) is 0 Å². The topological polar surface area (TPSA) is 41.5 Å². The molecule has 2 aromatic carbocycles. The van der Waals surface area contributed by atoms with Crippen LogP contribution < -0.4 is 5.43 Å². The van der Waals surface area contributed by atoms with E-state index in [1.165, 1.54) is 5.56 Å². The zero-order valence-corrected chi connectivity index (χ0v) is 15.8. The quantitative estimate of drug-likeness (QED) is 0.624. The second-order valence-corrected chi connectivity index (χ2v) is 7.68. The Morgan fingerprint density at radius 3 is 2.12 bits per heavy atom. The third-order valence-electron chi connectivity index (χ3n) is 4.10. The Balaban J connectivity index is 2.04. The molecule has 3 nitrogen and oxygen atoms in total. The summed E-state index contributed by atoms with van der Waals surface area (Å²) in [6.07, 6.45) is 0.327. The molecule has 132 valence electrons. The average Bonchev–Trinajstić information content (AvgIpc) is 2.55. The number of rotatable bonds is 5. The Morgan fingerprint density at radius 2 is 1.60 bits per heavy atom. The highest BCUT2D eigenvalue weighted by atomic mass is 16.2. The number of carbonyl (C=O) groups excluding carboxylic acids is 1. The third-order valence-corrected chi connectivity index (χ3v) is 4.10. The minimum absolute atomic E-state index is 0.0995. The van der Waals surface area contributed by atoms with Gasteiger partial charge in [0.2, 0.25) is 5.91 Å². The lowest BCUT2D eigenvalue weighted by Crippen LogP contribution is -2.23. The van der Waals surface area contributed by atoms with Crippen LogP contribution in [0.15, 0.2) is 59.7 Å². The van der Waals surface area contributed by atoms with Crippen molar-refractivity contribution in [3.63, 3.8) is 0 Å². The number of nitrogens with zero attached hydrogens (tertiary/aromatic N) is 1. The molecule has 25 heavy (non-hydrogen) atoms. The van der Waals surface area contributed by atoms with E-state index in [-0.39, 0.29) is 17.2 Å². The zero-order chi connectivity index (χ0) is 18.4. The molecule has 0 unspecified atom stereocenters. The lowest BCUT2D eigenvalue weighted by Gasteiger charge is -2.19. The highest BCUT2D eigenvalue weighted by molar-refractivity contribution is 6.02. The number of nitrogens with one attached hydrogen (secondary N) is 1. The molecule has 0 fully saturated rings. The molecule has 0 radical (unpaired) electrons. The standard InChI is InChI=1S/C22H28N2O/c1-16(2)21(18-9-7-6-8-10-18)24-23-20(25)15-17-11-13-19(14-12-17)22(3,4)5/h6-14,16H,15H2,1-5H3,(H,23,25)/b24-21-. The molecule has 0 aliphatic carbocycles. The van der Waals surface area contributed by atoms with Gasteiger partial charge in [0.1, 0.15) is 0 Å². The molecule has 0 saturated carbocycles. The first kappa shape index (κ1) is 18.9. The molecule has 3 heteroatoms. The molecule has 1 N–H and O–H groups in total. The largest absolute Gasteiger partial charge is 0.273 e. The smallest absolute Gasteiger partial charge is 0.244 e. The second kappa shape index (κ2) is 8.11. The Hall–Kier alpha value is -2.42. The third kappa shape index (κ3) is 5.56. The van der Waals surface area contributed by atoms with Crippen LogP contribution >= 0.6 is 0 Å². The summed E-state index contributed by atoms with van der Waals surface area (Å²) in [6, 6.07) is 18.2. The van der Waals surface area contributed by atoms with Gasteiger partial charge in [-0.25, -0.2) is 5.43 Å². The van der Waals surface area contributed by atoms with Gasteiger partial charge in [-0.2, -0.15) is 5.10 Å². The summed E-state index contributed by atoms with van der Waals surface area (Å²) in [5.74, 6) is 0.131. The van der Waals surface area contributed by atoms with E-state index < -0.39 is 0 Å². The SMILES string of the molecule is CC(C)/C(=N/NC(=O)Cc1ccc(C(C)(C)C)cc1)c1ccccc1. The van der Waals surface area contributed by atoms with Crippen LogP contribution in [0, 0.1) is 5.92 Å². The molecule has 1 amide bonds. The summed E-state index contributed by atoms with van der Waals surface area (Å²) in [6.45, 7) is 10.7. The Bertz CT molecular complexity index is 723. The van der Waals surface area contributed by atoms with E-state index in [0.29, 0.717) is 6.42 Å². The van der Waals surface area contributed by atoms with E-state index in [2.05, 4.69) is 57.3 Å². The Morgan fingerprint density at radius 1 is 1.00 bits per heavy atom. The van der Waals surface area contributed by atoms with Gasteiger partial charge < -0.3 is 0 Å². The first-order chi connectivity index (χ1) is 11.8. The van der Waals surface area contributed by atoms with Crippen molar-refractivity contribution in [2.24, 2.45) is 11.0 Å². The highest BCUT2D eigenvalue weighted by Crippen LogP contribution is 2.22. The minimum atomic E-state index is -0.0995. The van der Waals surface area contributed by atoms with Gasteiger partial charge in [-0.15, -0.1) is 0 Å². The fourth-order valence-corrected chi connectivity index (χ4v) is 2.61. The molecule has 0 heterocycles. The fourth-order valence-electron chi connectivity index (χ4n) is 2.61. The molecular weight excluding hydrogens is 308 g/mol. The number of hydrogen-bond donors (Lipinski definition) is 1. The second-order valence-electron chi connectivity index (χ2n) is 7.68. The maximum absolute atomic E-state index is 12.2. The zero-order valence-electron chi connectivity index (χ0n) is 15.8. The van der Waals surface area contributed by atoms with Crippen LogP contribution in [0.1, 0.15) is 51.3 Å². The summed E-state index contributed by atoms with van der Waals surface area (Å²) >= 11 is 0. The van der Waals surface area contributed by atoms with E-state index in [1.54, 1.807) is 0 Å². The summed E-state index contributed by atoms with van der Waals surface area (Å²) in [5.41, 5.74) is 7.00. The normalized spacial score (nSPS) is 12.3. The van der Waals surface area contributed by atoms with E-state index in [1.807, 2.05) is 42.5 Å². The monoisotopic (exact) mass is 336 g/mol. The lowest BCUT2D eigenvalue weighted by atomic mass is 9.86. The van der Waals surface area contributed by atoms with Crippen LogP contribution in [-0.4, -0.2) is 11.6 Å². The summed E-state index contributed by atoms with van der Waals surface area (Å²) in [7, 11) is 0. The van der Waals surface area contributed by atoms with Gasteiger partial charge in [0.25, 0.3) is 0 Å². The van der Waals surface area contributed by atoms with Crippen LogP contribution in [0.4, 0.5) is 0 Å². The molecule has 2 rings (SSSR count). The molecule has 0 aliphatic heterocycles. The van der Waals surface area contributed by atoms with Crippen molar-refractivity contribution in [2.45, 2.75) is 46.5 Å². The molecule has 2 aromatic rings. The molecule has 0 saturated heterocycles. The van der Waals surface area contributed by atoms with Gasteiger partial charge in [0.05, 0.1) is 12.1 Å². The van der Waals surface area contributed by atoms with Crippen LogP contribution in [0.5, 0.6) is 0 Å². The van der Waals surface area contributed by atoms with Crippen molar-refractivity contribution >= 4 is 11.6 Å². The highest BCUT2D eigenvalue weighted by Gasteiger charge is 2.13. The van der Waals surface area contributed by atoms with Crippen LogP contribution in [0.25, 0.3) is 0 Å². The van der Waals surface area contributed by atoms with Crippen LogP contribution in [0.2, 0.25) is 0 Å². The maximum Gasteiger partial charge on any atom is 0.244 e. The molecular formula is C22H28N2O. The molecule has 0 atom stereocenters. The number of amides is 1. The molecule has 0 aliphatic rings. The minimum Gasteiger partial charge on any atom is -0.273 e. The number of carbonyl (C=O) groups is 1.